The molecule has 1 aliphatic heterocycles. The summed E-state index contributed by atoms with van der Waals surface area (Å²) in [5.41, 5.74) is 7.11. The van der Waals surface area contributed by atoms with Crippen molar-refractivity contribution in [2.75, 3.05) is 25.1 Å². The fourth-order valence-electron chi connectivity index (χ4n) is 4.17. The first-order chi connectivity index (χ1) is 13.2. The highest BCUT2D eigenvalue weighted by molar-refractivity contribution is 5.85. The van der Waals surface area contributed by atoms with Gasteiger partial charge in [-0.25, -0.2) is 9.97 Å². The number of piperidine rings is 1. The monoisotopic (exact) mass is 442 g/mol. The molecular formula is C20H32Cl2N6O. The Morgan fingerprint density at radius 1 is 1.17 bits per heavy atom. The molecule has 2 aromatic heterocycles. The minimum absolute atomic E-state index is 0. The fraction of sp³-hybridized carbons (Fsp3) is 0.650. The van der Waals surface area contributed by atoms with Crippen molar-refractivity contribution in [1.82, 2.24) is 19.7 Å². The van der Waals surface area contributed by atoms with E-state index in [1.807, 2.05) is 23.1 Å². The highest BCUT2D eigenvalue weighted by atomic mass is 35.5. The van der Waals surface area contributed by atoms with E-state index in [1.54, 1.807) is 7.11 Å². The van der Waals surface area contributed by atoms with Crippen LogP contribution in [0.5, 0.6) is 0 Å². The molecule has 2 N–H and O–H groups in total. The number of aromatic nitrogens is 4. The number of halogens is 2. The van der Waals surface area contributed by atoms with Crippen molar-refractivity contribution in [1.29, 1.82) is 0 Å². The lowest BCUT2D eigenvalue weighted by Crippen LogP contribution is -2.37. The summed E-state index contributed by atoms with van der Waals surface area (Å²) in [4.78, 5) is 11.9. The Labute approximate surface area is 185 Å². The molecule has 4 rings (SSSR count). The van der Waals surface area contributed by atoms with E-state index < -0.39 is 0 Å². The standard InChI is InChI=1S/C20H30N6O.2ClH/c1-27-14-19-23-18(16-11-17(21)12-16)13-20(24-19)25-8-3-15(4-9-25)5-10-26-7-2-6-22-26;;/h2,6-7,13,15-17H,3-5,8-12,14,21H2,1H3;2*1H. The van der Waals surface area contributed by atoms with Gasteiger partial charge in [0.25, 0.3) is 0 Å². The Kier molecular flexibility index (Phi) is 9.14. The lowest BCUT2D eigenvalue weighted by molar-refractivity contribution is 0.177. The second-order valence-electron chi connectivity index (χ2n) is 7.92. The molecule has 29 heavy (non-hydrogen) atoms. The number of anilines is 1. The molecule has 0 radical (unpaired) electrons. The van der Waals surface area contributed by atoms with E-state index in [4.69, 9.17) is 20.4 Å². The van der Waals surface area contributed by atoms with E-state index in [2.05, 4.69) is 16.1 Å². The lowest BCUT2D eigenvalue weighted by atomic mass is 9.78. The van der Waals surface area contributed by atoms with Gasteiger partial charge in [-0.05, 0) is 44.1 Å². The van der Waals surface area contributed by atoms with Gasteiger partial charge in [0.15, 0.2) is 5.82 Å². The van der Waals surface area contributed by atoms with Crippen LogP contribution in [0.2, 0.25) is 0 Å². The second-order valence-corrected chi connectivity index (χ2v) is 7.92. The number of hydrogen-bond donors (Lipinski definition) is 1. The normalized spacial score (nSPS) is 21.8. The molecule has 0 amide bonds. The van der Waals surface area contributed by atoms with Gasteiger partial charge < -0.3 is 15.4 Å². The van der Waals surface area contributed by atoms with Crippen molar-refractivity contribution in [3.05, 3.63) is 36.0 Å². The maximum Gasteiger partial charge on any atom is 0.156 e. The van der Waals surface area contributed by atoms with Gasteiger partial charge in [-0.2, -0.15) is 5.10 Å². The summed E-state index contributed by atoms with van der Waals surface area (Å²) < 4.78 is 7.32. The largest absolute Gasteiger partial charge is 0.377 e. The number of nitrogens with two attached hydrogens (primary N) is 1. The Morgan fingerprint density at radius 2 is 1.93 bits per heavy atom. The molecule has 0 unspecified atom stereocenters. The predicted octanol–water partition coefficient (Wildman–Crippen LogP) is 3.17. The quantitative estimate of drug-likeness (QED) is 0.708. The van der Waals surface area contributed by atoms with E-state index in [-0.39, 0.29) is 24.8 Å². The number of aryl methyl sites for hydroxylation is 1. The Bertz CT molecular complexity index is 731. The van der Waals surface area contributed by atoms with Crippen LogP contribution < -0.4 is 10.6 Å². The number of ether oxygens (including phenoxy) is 1. The van der Waals surface area contributed by atoms with Gasteiger partial charge in [0, 0.05) is 62.9 Å². The van der Waals surface area contributed by atoms with Crippen molar-refractivity contribution >= 4 is 30.6 Å². The van der Waals surface area contributed by atoms with Crippen molar-refractivity contribution < 1.29 is 4.74 Å². The van der Waals surface area contributed by atoms with Crippen LogP contribution in [0.4, 0.5) is 5.82 Å². The third-order valence-electron chi connectivity index (χ3n) is 5.91. The molecule has 1 saturated carbocycles. The first-order valence-corrected chi connectivity index (χ1v) is 10.1. The van der Waals surface area contributed by atoms with Crippen LogP contribution in [-0.4, -0.2) is 46.0 Å². The van der Waals surface area contributed by atoms with Crippen LogP contribution in [0.15, 0.2) is 24.5 Å². The number of hydrogen-bond acceptors (Lipinski definition) is 6. The van der Waals surface area contributed by atoms with Gasteiger partial charge >= 0.3 is 0 Å². The molecular weight excluding hydrogens is 411 g/mol. The average Bonchev–Trinajstić information content (AvgIpc) is 3.18. The summed E-state index contributed by atoms with van der Waals surface area (Å²) in [7, 11) is 1.69. The van der Waals surface area contributed by atoms with Gasteiger partial charge in [-0.15, -0.1) is 24.8 Å². The van der Waals surface area contributed by atoms with E-state index in [1.165, 1.54) is 19.3 Å². The van der Waals surface area contributed by atoms with Crippen LogP contribution in [-0.2, 0) is 17.9 Å². The van der Waals surface area contributed by atoms with E-state index in [9.17, 15) is 0 Å². The van der Waals surface area contributed by atoms with E-state index >= 15 is 0 Å². The summed E-state index contributed by atoms with van der Waals surface area (Å²) in [6, 6.07) is 4.49. The minimum Gasteiger partial charge on any atom is -0.377 e. The van der Waals surface area contributed by atoms with Crippen molar-refractivity contribution in [2.24, 2.45) is 11.7 Å². The molecule has 0 atom stereocenters. The van der Waals surface area contributed by atoms with Gasteiger partial charge in [0.05, 0.1) is 0 Å². The highest BCUT2D eigenvalue weighted by Gasteiger charge is 2.30. The summed E-state index contributed by atoms with van der Waals surface area (Å²) in [5.74, 6) is 3.07. The molecule has 2 aliphatic rings. The van der Waals surface area contributed by atoms with Gasteiger partial charge in [0.2, 0.25) is 0 Å². The topological polar surface area (TPSA) is 82.1 Å². The number of nitrogens with zero attached hydrogens (tertiary/aromatic N) is 5. The van der Waals surface area contributed by atoms with Gasteiger partial charge in [-0.1, -0.05) is 0 Å². The molecule has 1 saturated heterocycles. The zero-order chi connectivity index (χ0) is 18.6. The van der Waals surface area contributed by atoms with Crippen LogP contribution in [0.1, 0.15) is 49.5 Å². The molecule has 0 aromatic carbocycles. The number of methoxy groups -OCH3 is 1. The van der Waals surface area contributed by atoms with Crippen LogP contribution in [0.3, 0.4) is 0 Å². The SMILES string of the molecule is COCc1nc(C2CC(N)C2)cc(N2CCC(CCn3cccn3)CC2)n1.Cl.Cl. The molecule has 2 fully saturated rings. The Hall–Kier alpha value is -1.41. The molecule has 162 valence electrons. The summed E-state index contributed by atoms with van der Waals surface area (Å²) >= 11 is 0. The molecule has 7 nitrogen and oxygen atoms in total. The molecule has 0 bridgehead atoms. The Balaban J connectivity index is 0.00000150. The Morgan fingerprint density at radius 3 is 2.55 bits per heavy atom. The lowest BCUT2D eigenvalue weighted by Gasteiger charge is -2.35. The van der Waals surface area contributed by atoms with Gasteiger partial charge in [0.1, 0.15) is 12.4 Å². The van der Waals surface area contributed by atoms with Crippen molar-refractivity contribution in [3.8, 4) is 0 Å². The summed E-state index contributed by atoms with van der Waals surface area (Å²) in [6.07, 6.45) is 9.54. The molecule has 1 aliphatic carbocycles. The fourth-order valence-corrected chi connectivity index (χ4v) is 4.17. The van der Waals surface area contributed by atoms with Crippen molar-refractivity contribution in [3.63, 3.8) is 0 Å². The molecule has 3 heterocycles. The van der Waals surface area contributed by atoms with Crippen LogP contribution in [0.25, 0.3) is 0 Å². The molecule has 2 aromatic rings. The smallest absolute Gasteiger partial charge is 0.156 e. The average molecular weight is 443 g/mol. The molecule has 9 heteroatoms. The van der Waals surface area contributed by atoms with E-state index in [0.717, 1.165) is 55.7 Å². The van der Waals surface area contributed by atoms with Gasteiger partial charge in [-0.3, -0.25) is 4.68 Å². The summed E-state index contributed by atoms with van der Waals surface area (Å²) in [5, 5.41) is 4.30. The van der Waals surface area contributed by atoms with Crippen LogP contribution >= 0.6 is 24.8 Å². The third kappa shape index (κ3) is 6.04. The third-order valence-corrected chi connectivity index (χ3v) is 5.91. The highest BCUT2D eigenvalue weighted by Crippen LogP contribution is 2.36. The van der Waals surface area contributed by atoms with Crippen molar-refractivity contribution in [2.45, 2.75) is 57.2 Å². The second kappa shape index (κ2) is 11.1. The first-order valence-electron chi connectivity index (χ1n) is 10.1. The number of rotatable bonds is 7. The summed E-state index contributed by atoms with van der Waals surface area (Å²) in [6.45, 7) is 3.57. The maximum atomic E-state index is 5.98. The molecule has 0 spiro atoms. The van der Waals surface area contributed by atoms with Crippen LogP contribution in [0, 0.1) is 5.92 Å². The maximum absolute atomic E-state index is 5.98. The zero-order valence-electron chi connectivity index (χ0n) is 16.9. The zero-order valence-corrected chi connectivity index (χ0v) is 18.6. The minimum atomic E-state index is 0. The first kappa shape index (κ1) is 23.9. The predicted molar refractivity (Wildman–Crippen MR) is 119 cm³/mol. The van der Waals surface area contributed by atoms with E-state index in [0.29, 0.717) is 18.6 Å².